The zero-order valence-electron chi connectivity index (χ0n) is 8.62. The van der Waals surface area contributed by atoms with Crippen LogP contribution in [0.2, 0.25) is 0 Å². The average Bonchev–Trinajstić information content (AvgIpc) is 1.97. The van der Waals surface area contributed by atoms with Crippen molar-refractivity contribution in [1.82, 2.24) is 0 Å². The summed E-state index contributed by atoms with van der Waals surface area (Å²) < 4.78 is 0. The van der Waals surface area contributed by atoms with Crippen LogP contribution in [0.15, 0.2) is 9.98 Å². The molecule has 2 heteroatoms. The molecule has 0 amide bonds. The maximum atomic E-state index is 4.24. The maximum Gasteiger partial charge on any atom is 0.0415 e. The number of hydrogen-bond donors (Lipinski definition) is 0. The maximum absolute atomic E-state index is 4.24. The lowest BCUT2D eigenvalue weighted by Gasteiger charge is -2.10. The van der Waals surface area contributed by atoms with Gasteiger partial charge in [0.15, 0.2) is 0 Å². The lowest BCUT2D eigenvalue weighted by atomic mass is 9.99. The number of hydrogen-bond acceptors (Lipinski definition) is 2. The highest BCUT2D eigenvalue weighted by Crippen LogP contribution is 2.10. The molecule has 0 aromatic carbocycles. The van der Waals surface area contributed by atoms with Gasteiger partial charge < -0.3 is 0 Å². The van der Waals surface area contributed by atoms with Gasteiger partial charge in [0, 0.05) is 26.0 Å². The molecule has 0 aliphatic heterocycles. The van der Waals surface area contributed by atoms with Crippen molar-refractivity contribution in [3.63, 3.8) is 0 Å². The van der Waals surface area contributed by atoms with Gasteiger partial charge >= 0.3 is 0 Å². The Morgan fingerprint density at radius 2 is 1.83 bits per heavy atom. The number of rotatable bonds is 5. The smallest absolute Gasteiger partial charge is 0.0415 e. The summed E-state index contributed by atoms with van der Waals surface area (Å²) in [5.74, 6) is 1.46. The Morgan fingerprint density at radius 1 is 1.17 bits per heavy atom. The van der Waals surface area contributed by atoms with Crippen LogP contribution in [-0.4, -0.2) is 26.0 Å². The van der Waals surface area contributed by atoms with Gasteiger partial charge in [-0.15, -0.1) is 0 Å². The van der Waals surface area contributed by atoms with Crippen molar-refractivity contribution in [3.05, 3.63) is 0 Å². The Balaban J connectivity index is 3.49. The van der Waals surface area contributed by atoms with Gasteiger partial charge in [0.2, 0.25) is 0 Å². The minimum absolute atomic E-state index is 0.687. The zero-order chi connectivity index (χ0) is 9.40. The summed E-state index contributed by atoms with van der Waals surface area (Å²) in [4.78, 5) is 8.06. The highest BCUT2D eigenvalue weighted by atomic mass is 14.7. The molecule has 2 nitrogen and oxygen atoms in total. The van der Waals surface area contributed by atoms with Crippen LogP contribution in [0, 0.1) is 11.8 Å². The third kappa shape index (κ3) is 7.45. The van der Waals surface area contributed by atoms with Crippen molar-refractivity contribution in [2.45, 2.75) is 27.2 Å². The van der Waals surface area contributed by atoms with E-state index in [9.17, 15) is 0 Å². The van der Waals surface area contributed by atoms with E-state index in [1.807, 2.05) is 0 Å². The predicted molar refractivity (Wildman–Crippen MR) is 56.4 cm³/mol. The molecule has 1 atom stereocenters. The van der Waals surface area contributed by atoms with Gasteiger partial charge in [-0.3, -0.25) is 9.98 Å². The Morgan fingerprint density at radius 3 is 2.33 bits per heavy atom. The van der Waals surface area contributed by atoms with Crippen LogP contribution < -0.4 is 0 Å². The van der Waals surface area contributed by atoms with Crippen molar-refractivity contribution in [1.29, 1.82) is 0 Å². The van der Waals surface area contributed by atoms with Crippen LogP contribution in [0.5, 0.6) is 0 Å². The highest BCUT2D eigenvalue weighted by Gasteiger charge is 2.02. The Bertz CT molecular complexity index is 148. The summed E-state index contributed by atoms with van der Waals surface area (Å²) in [6.45, 7) is 7.64. The van der Waals surface area contributed by atoms with Crippen LogP contribution in [0.3, 0.4) is 0 Å². The van der Waals surface area contributed by atoms with E-state index in [0.717, 1.165) is 12.5 Å². The van der Waals surface area contributed by atoms with Gasteiger partial charge in [0.1, 0.15) is 0 Å². The molecule has 0 spiro atoms. The van der Waals surface area contributed by atoms with E-state index in [1.54, 1.807) is 19.5 Å². The summed E-state index contributed by atoms with van der Waals surface area (Å²) in [6, 6.07) is 0. The van der Waals surface area contributed by atoms with Crippen LogP contribution in [0.25, 0.3) is 0 Å². The molecule has 70 valence electrons. The van der Waals surface area contributed by atoms with E-state index in [-0.39, 0.29) is 0 Å². The molecule has 0 N–H and O–H groups in total. The molecular weight excluding hydrogens is 148 g/mol. The molecule has 0 aromatic rings. The summed E-state index contributed by atoms with van der Waals surface area (Å²) in [5, 5.41) is 0. The SMILES string of the molecule is CN=CC=NCC(C)CC(C)C. The fraction of sp³-hybridized carbons (Fsp3) is 0.800. The molecule has 0 saturated carbocycles. The monoisotopic (exact) mass is 168 g/mol. The van der Waals surface area contributed by atoms with Crippen LogP contribution in [-0.2, 0) is 0 Å². The van der Waals surface area contributed by atoms with E-state index in [0.29, 0.717) is 5.92 Å². The number of nitrogens with zero attached hydrogens (tertiary/aromatic N) is 2. The summed E-state index contributed by atoms with van der Waals surface area (Å²) in [5.41, 5.74) is 0. The summed E-state index contributed by atoms with van der Waals surface area (Å²) in [6.07, 6.45) is 4.75. The zero-order valence-corrected chi connectivity index (χ0v) is 8.62. The average molecular weight is 168 g/mol. The minimum Gasteiger partial charge on any atom is -0.295 e. The van der Waals surface area contributed by atoms with Gasteiger partial charge in [0.05, 0.1) is 0 Å². The van der Waals surface area contributed by atoms with Crippen LogP contribution >= 0.6 is 0 Å². The lowest BCUT2D eigenvalue weighted by Crippen LogP contribution is -2.03. The minimum atomic E-state index is 0.687. The molecule has 0 aromatic heterocycles. The summed E-state index contributed by atoms with van der Waals surface area (Å²) in [7, 11) is 1.75. The molecule has 0 bridgehead atoms. The van der Waals surface area contributed by atoms with E-state index < -0.39 is 0 Å². The predicted octanol–water partition coefficient (Wildman–Crippen LogP) is 2.44. The Labute approximate surface area is 75.8 Å². The van der Waals surface area contributed by atoms with E-state index in [1.165, 1.54) is 6.42 Å². The standard InChI is InChI=1S/C10H20N2/c1-9(2)7-10(3)8-12-6-5-11-4/h5-6,9-10H,7-8H2,1-4H3. The van der Waals surface area contributed by atoms with E-state index in [4.69, 9.17) is 0 Å². The van der Waals surface area contributed by atoms with Gasteiger partial charge in [-0.1, -0.05) is 20.8 Å². The fourth-order valence-corrected chi connectivity index (χ4v) is 1.23. The van der Waals surface area contributed by atoms with Crippen LogP contribution in [0.4, 0.5) is 0 Å². The quantitative estimate of drug-likeness (QED) is 0.563. The molecule has 0 radical (unpaired) electrons. The lowest BCUT2D eigenvalue weighted by molar-refractivity contribution is 0.448. The van der Waals surface area contributed by atoms with Crippen molar-refractivity contribution in [2.75, 3.05) is 13.6 Å². The molecule has 0 aliphatic carbocycles. The Kier molecular flexibility index (Phi) is 6.63. The molecular formula is C10H20N2. The molecule has 0 rings (SSSR count). The highest BCUT2D eigenvalue weighted by molar-refractivity contribution is 6.15. The molecule has 0 fully saturated rings. The first-order chi connectivity index (χ1) is 5.66. The van der Waals surface area contributed by atoms with Crippen molar-refractivity contribution in [3.8, 4) is 0 Å². The molecule has 0 aliphatic rings. The Hall–Kier alpha value is -0.660. The molecule has 0 saturated heterocycles. The second kappa shape index (κ2) is 7.01. The first-order valence-corrected chi connectivity index (χ1v) is 4.57. The topological polar surface area (TPSA) is 24.7 Å². The van der Waals surface area contributed by atoms with Gasteiger partial charge in [-0.05, 0) is 18.3 Å². The summed E-state index contributed by atoms with van der Waals surface area (Å²) >= 11 is 0. The largest absolute Gasteiger partial charge is 0.295 e. The van der Waals surface area contributed by atoms with E-state index in [2.05, 4.69) is 30.8 Å². The molecule has 12 heavy (non-hydrogen) atoms. The second-order valence-corrected chi connectivity index (χ2v) is 3.66. The first-order valence-electron chi connectivity index (χ1n) is 4.57. The molecule has 0 heterocycles. The third-order valence-corrected chi connectivity index (χ3v) is 1.61. The van der Waals surface area contributed by atoms with Crippen molar-refractivity contribution < 1.29 is 0 Å². The van der Waals surface area contributed by atoms with E-state index >= 15 is 0 Å². The fourth-order valence-electron chi connectivity index (χ4n) is 1.23. The van der Waals surface area contributed by atoms with Gasteiger partial charge in [0.25, 0.3) is 0 Å². The van der Waals surface area contributed by atoms with Crippen molar-refractivity contribution in [2.24, 2.45) is 21.8 Å². The number of aliphatic imine (C=N–C) groups is 2. The molecule has 1 unspecified atom stereocenters. The van der Waals surface area contributed by atoms with Gasteiger partial charge in [-0.25, -0.2) is 0 Å². The second-order valence-electron chi connectivity index (χ2n) is 3.66. The van der Waals surface area contributed by atoms with Crippen LogP contribution in [0.1, 0.15) is 27.2 Å². The van der Waals surface area contributed by atoms with Gasteiger partial charge in [-0.2, -0.15) is 0 Å². The first kappa shape index (κ1) is 11.3. The van der Waals surface area contributed by atoms with Crippen molar-refractivity contribution >= 4 is 12.4 Å². The normalized spacial score (nSPS) is 15.1. The third-order valence-electron chi connectivity index (χ3n) is 1.61.